The van der Waals surface area contributed by atoms with Crippen molar-refractivity contribution < 1.29 is 4.79 Å². The lowest BCUT2D eigenvalue weighted by Crippen LogP contribution is -2.36. The van der Waals surface area contributed by atoms with Crippen LogP contribution in [0.1, 0.15) is 6.92 Å². The van der Waals surface area contributed by atoms with Crippen LogP contribution in [-0.4, -0.2) is 29.6 Å². The Balaban J connectivity index is 2.63. The molecular weight excluding hydrogens is 160 g/mol. The highest BCUT2D eigenvalue weighted by molar-refractivity contribution is 8.02. The van der Waals surface area contributed by atoms with E-state index in [1.165, 1.54) is 0 Å². The van der Waals surface area contributed by atoms with E-state index in [1.807, 2.05) is 12.3 Å². The van der Waals surface area contributed by atoms with Crippen molar-refractivity contribution in [1.29, 1.82) is 0 Å². The predicted octanol–water partition coefficient (Wildman–Crippen LogP) is 0.382. The average Bonchev–Trinajstić information content (AvgIpc) is 1.97. The molecule has 2 N–H and O–H groups in total. The molecule has 0 fully saturated rings. The van der Waals surface area contributed by atoms with Crippen LogP contribution >= 0.6 is 11.8 Å². The highest BCUT2D eigenvalue weighted by atomic mass is 32.2. The number of amides is 1. The minimum Gasteiger partial charge on any atom is -0.329 e. The van der Waals surface area contributed by atoms with Gasteiger partial charge in [-0.3, -0.25) is 4.79 Å². The van der Waals surface area contributed by atoms with Gasteiger partial charge in [0.05, 0.1) is 5.75 Å². The van der Waals surface area contributed by atoms with E-state index < -0.39 is 0 Å². The summed E-state index contributed by atoms with van der Waals surface area (Å²) in [6.07, 6.45) is 0. The van der Waals surface area contributed by atoms with Gasteiger partial charge in [0.25, 0.3) is 0 Å². The van der Waals surface area contributed by atoms with Crippen LogP contribution in [-0.2, 0) is 4.79 Å². The third-order valence-corrected chi connectivity index (χ3v) is 2.46. The molecule has 0 spiro atoms. The maximum Gasteiger partial charge on any atom is 0.237 e. The summed E-state index contributed by atoms with van der Waals surface area (Å²) in [6, 6.07) is 0. The third-order valence-electron chi connectivity index (χ3n) is 1.54. The van der Waals surface area contributed by atoms with Crippen molar-refractivity contribution in [3.8, 4) is 0 Å². The maximum absolute atomic E-state index is 11.2. The van der Waals surface area contributed by atoms with Gasteiger partial charge in [0, 0.05) is 18.8 Å². The molecule has 0 aliphatic carbocycles. The number of thioether (sulfide) groups is 1. The molecule has 11 heavy (non-hydrogen) atoms. The molecule has 62 valence electrons. The molecular formula is C7H12N2OS. The first-order valence-corrected chi connectivity index (χ1v) is 4.59. The van der Waals surface area contributed by atoms with Crippen molar-refractivity contribution in [2.24, 2.45) is 5.73 Å². The number of hydrogen-bond acceptors (Lipinski definition) is 3. The van der Waals surface area contributed by atoms with Gasteiger partial charge in [-0.1, -0.05) is 0 Å². The Morgan fingerprint density at radius 2 is 2.55 bits per heavy atom. The van der Waals surface area contributed by atoms with E-state index in [4.69, 9.17) is 5.73 Å². The molecule has 0 bridgehead atoms. The lowest BCUT2D eigenvalue weighted by atomic mass is 10.4. The number of allylic oxidation sites excluding steroid dienone is 1. The Labute approximate surface area is 70.6 Å². The van der Waals surface area contributed by atoms with Crippen molar-refractivity contribution >= 4 is 17.7 Å². The number of rotatable bonds is 2. The molecule has 0 saturated carbocycles. The first kappa shape index (κ1) is 8.62. The minimum atomic E-state index is 0.167. The Morgan fingerprint density at radius 3 is 3.09 bits per heavy atom. The number of hydrogen-bond donors (Lipinski definition) is 1. The van der Waals surface area contributed by atoms with Gasteiger partial charge in [0.15, 0.2) is 0 Å². The fraction of sp³-hybridized carbons (Fsp3) is 0.571. The topological polar surface area (TPSA) is 46.3 Å². The Bertz CT molecular complexity index is 191. The molecule has 4 heteroatoms. The van der Waals surface area contributed by atoms with Crippen LogP contribution in [0.25, 0.3) is 0 Å². The van der Waals surface area contributed by atoms with Gasteiger partial charge in [-0.05, 0) is 12.3 Å². The summed E-state index contributed by atoms with van der Waals surface area (Å²) >= 11 is 1.55. The second-order valence-electron chi connectivity index (χ2n) is 2.40. The molecule has 3 nitrogen and oxygen atoms in total. The fourth-order valence-corrected chi connectivity index (χ4v) is 1.75. The average molecular weight is 172 g/mol. The zero-order valence-corrected chi connectivity index (χ0v) is 7.36. The predicted molar refractivity (Wildman–Crippen MR) is 47.0 cm³/mol. The van der Waals surface area contributed by atoms with Crippen LogP contribution in [0.15, 0.2) is 11.1 Å². The summed E-state index contributed by atoms with van der Waals surface area (Å²) in [5.41, 5.74) is 6.37. The van der Waals surface area contributed by atoms with Gasteiger partial charge in [-0.25, -0.2) is 0 Å². The van der Waals surface area contributed by atoms with Crippen LogP contribution in [0.5, 0.6) is 0 Å². The van der Waals surface area contributed by atoms with Gasteiger partial charge in [0.1, 0.15) is 0 Å². The van der Waals surface area contributed by atoms with Crippen molar-refractivity contribution in [1.82, 2.24) is 4.90 Å². The van der Waals surface area contributed by atoms with Crippen LogP contribution in [0, 0.1) is 0 Å². The lowest BCUT2D eigenvalue weighted by Gasteiger charge is -2.25. The maximum atomic E-state index is 11.2. The van der Waals surface area contributed by atoms with E-state index in [2.05, 4.69) is 0 Å². The zero-order valence-electron chi connectivity index (χ0n) is 6.54. The van der Waals surface area contributed by atoms with Crippen LogP contribution in [0.4, 0.5) is 0 Å². The molecule has 0 aromatic rings. The molecule has 1 aliphatic heterocycles. The lowest BCUT2D eigenvalue weighted by molar-refractivity contribution is -0.126. The molecule has 1 amide bonds. The highest BCUT2D eigenvalue weighted by Crippen LogP contribution is 2.18. The third kappa shape index (κ3) is 1.97. The zero-order chi connectivity index (χ0) is 8.27. The Hall–Kier alpha value is -0.480. The Morgan fingerprint density at radius 1 is 1.82 bits per heavy atom. The van der Waals surface area contributed by atoms with Gasteiger partial charge >= 0.3 is 0 Å². The standard InChI is InChI=1S/C7H12N2OS/c1-6-4-11-5-7(10)9(6)3-2-8/h4H,2-3,5,8H2,1H3. The van der Waals surface area contributed by atoms with Crippen molar-refractivity contribution in [2.75, 3.05) is 18.8 Å². The summed E-state index contributed by atoms with van der Waals surface area (Å²) in [5.74, 6) is 0.720. The summed E-state index contributed by atoms with van der Waals surface area (Å²) in [6.45, 7) is 3.10. The normalized spacial score (nSPS) is 18.5. The summed E-state index contributed by atoms with van der Waals surface area (Å²) in [5, 5.41) is 2.00. The van der Waals surface area contributed by atoms with Crippen molar-refractivity contribution in [3.63, 3.8) is 0 Å². The number of nitrogens with two attached hydrogens (primary N) is 1. The summed E-state index contributed by atoms with van der Waals surface area (Å²) in [7, 11) is 0. The van der Waals surface area contributed by atoms with Crippen molar-refractivity contribution in [2.45, 2.75) is 6.92 Å². The largest absolute Gasteiger partial charge is 0.329 e. The van der Waals surface area contributed by atoms with E-state index >= 15 is 0 Å². The smallest absolute Gasteiger partial charge is 0.237 e. The highest BCUT2D eigenvalue weighted by Gasteiger charge is 2.17. The molecule has 1 heterocycles. The van der Waals surface area contributed by atoms with Crippen molar-refractivity contribution in [3.05, 3.63) is 11.1 Å². The van der Waals surface area contributed by atoms with Gasteiger partial charge < -0.3 is 10.6 Å². The first-order valence-electron chi connectivity index (χ1n) is 3.54. The molecule has 0 radical (unpaired) electrons. The van der Waals surface area contributed by atoms with Gasteiger partial charge in [0.2, 0.25) is 5.91 Å². The monoisotopic (exact) mass is 172 g/mol. The molecule has 0 atom stereocenters. The number of nitrogens with zero attached hydrogens (tertiary/aromatic N) is 1. The SMILES string of the molecule is CC1=CSCC(=O)N1CCN. The van der Waals surface area contributed by atoms with E-state index in [0.29, 0.717) is 18.8 Å². The minimum absolute atomic E-state index is 0.167. The quantitative estimate of drug-likeness (QED) is 0.655. The second kappa shape index (κ2) is 3.78. The number of carbonyl (C=O) groups is 1. The Kier molecular flexibility index (Phi) is 2.96. The fourth-order valence-electron chi connectivity index (χ4n) is 1.00. The molecule has 0 aromatic heterocycles. The molecule has 0 aromatic carbocycles. The van der Waals surface area contributed by atoms with Gasteiger partial charge in [-0.2, -0.15) is 0 Å². The molecule has 1 rings (SSSR count). The van der Waals surface area contributed by atoms with E-state index in [-0.39, 0.29) is 5.91 Å². The van der Waals surface area contributed by atoms with E-state index in [9.17, 15) is 4.79 Å². The molecule has 0 saturated heterocycles. The molecule has 1 aliphatic rings. The summed E-state index contributed by atoms with van der Waals surface area (Å²) in [4.78, 5) is 12.9. The van der Waals surface area contributed by atoms with E-state index in [1.54, 1.807) is 16.7 Å². The van der Waals surface area contributed by atoms with Crippen LogP contribution < -0.4 is 5.73 Å². The van der Waals surface area contributed by atoms with Gasteiger partial charge in [-0.15, -0.1) is 11.8 Å². The summed E-state index contributed by atoms with van der Waals surface area (Å²) < 4.78 is 0. The second-order valence-corrected chi connectivity index (χ2v) is 3.26. The first-order chi connectivity index (χ1) is 5.25. The van der Waals surface area contributed by atoms with Crippen LogP contribution in [0.2, 0.25) is 0 Å². The van der Waals surface area contributed by atoms with E-state index in [0.717, 1.165) is 5.70 Å². The number of carbonyl (C=O) groups excluding carboxylic acids is 1. The van der Waals surface area contributed by atoms with Crippen LogP contribution in [0.3, 0.4) is 0 Å². The molecule has 0 unspecified atom stereocenters.